The van der Waals surface area contributed by atoms with Crippen molar-refractivity contribution in [1.82, 2.24) is 0 Å². The molecule has 1 fully saturated rings. The van der Waals surface area contributed by atoms with E-state index in [1.165, 1.54) is 0 Å². The van der Waals surface area contributed by atoms with Crippen LogP contribution in [0.5, 0.6) is 0 Å². The van der Waals surface area contributed by atoms with Gasteiger partial charge in [0, 0.05) is 16.5 Å². The monoisotopic (exact) mass is 292 g/mol. The summed E-state index contributed by atoms with van der Waals surface area (Å²) >= 11 is 3.30. The van der Waals surface area contributed by atoms with Gasteiger partial charge >= 0.3 is 29.6 Å². The second-order valence-corrected chi connectivity index (χ2v) is 4.77. The van der Waals surface area contributed by atoms with Crippen molar-refractivity contribution < 1.29 is 44.6 Å². The summed E-state index contributed by atoms with van der Waals surface area (Å²) in [5.74, 6) is -1.31. The molecule has 1 aliphatic rings. The number of carbonyl (C=O) groups excluding carboxylic acids is 1. The molecule has 2 atom stereocenters. The first-order chi connectivity index (χ1) is 7.11. The van der Waals surface area contributed by atoms with Crippen LogP contribution >= 0.6 is 15.9 Å². The summed E-state index contributed by atoms with van der Waals surface area (Å²) in [5, 5.41) is 20.1. The van der Waals surface area contributed by atoms with Crippen LogP contribution in [0, 0.1) is 5.92 Å². The van der Waals surface area contributed by atoms with Gasteiger partial charge in [0.25, 0.3) is 0 Å². The average Bonchev–Trinajstić information content (AvgIpc) is 2.93. The van der Waals surface area contributed by atoms with E-state index in [1.807, 2.05) is 6.07 Å². The number of hydrogen-bond acceptors (Lipinski definition) is 3. The maximum atomic E-state index is 11.1. The zero-order valence-electron chi connectivity index (χ0n) is 8.94. The van der Waals surface area contributed by atoms with Crippen LogP contribution < -0.4 is 34.7 Å². The van der Waals surface area contributed by atoms with Crippen molar-refractivity contribution in [3.05, 3.63) is 34.3 Å². The van der Waals surface area contributed by atoms with Crippen molar-refractivity contribution in [3.63, 3.8) is 0 Å². The van der Waals surface area contributed by atoms with Gasteiger partial charge < -0.3 is 15.0 Å². The second kappa shape index (κ2) is 5.19. The van der Waals surface area contributed by atoms with Gasteiger partial charge in [0.1, 0.15) is 0 Å². The van der Waals surface area contributed by atoms with Gasteiger partial charge in [-0.1, -0.05) is 28.1 Å². The molecule has 0 aliphatic heterocycles. The van der Waals surface area contributed by atoms with Crippen molar-refractivity contribution >= 4 is 21.9 Å². The molecule has 1 N–H and O–H groups in total. The van der Waals surface area contributed by atoms with E-state index in [0.29, 0.717) is 12.0 Å². The predicted octanol–water partition coefficient (Wildman–Crippen LogP) is -2.55. The molecule has 5 heteroatoms. The molecule has 2 rings (SSSR count). The summed E-state index contributed by atoms with van der Waals surface area (Å²) in [6.07, 6.45) is 0.461. The molecular weight excluding hydrogens is 283 g/mol. The Kier molecular flexibility index (Phi) is 4.60. The van der Waals surface area contributed by atoms with E-state index in [-0.39, 0.29) is 42.1 Å². The van der Waals surface area contributed by atoms with Crippen LogP contribution in [0.15, 0.2) is 28.7 Å². The average molecular weight is 293 g/mol. The summed E-state index contributed by atoms with van der Waals surface area (Å²) in [7, 11) is 0. The number of hydrogen-bond donors (Lipinski definition) is 1. The third-order valence-corrected chi connectivity index (χ3v) is 3.52. The number of rotatable bonds is 3. The van der Waals surface area contributed by atoms with Gasteiger partial charge in [0.05, 0.1) is 5.97 Å². The minimum Gasteiger partial charge on any atom is -0.549 e. The van der Waals surface area contributed by atoms with E-state index in [1.54, 1.807) is 18.2 Å². The Morgan fingerprint density at radius 2 is 2.31 bits per heavy atom. The van der Waals surface area contributed by atoms with Crippen LogP contribution in [0.3, 0.4) is 0 Å². The van der Waals surface area contributed by atoms with Crippen molar-refractivity contribution in [2.24, 2.45) is 5.92 Å². The van der Waals surface area contributed by atoms with E-state index in [2.05, 4.69) is 15.9 Å². The largest absolute Gasteiger partial charge is 1.00 e. The molecule has 0 aromatic heterocycles. The summed E-state index contributed by atoms with van der Waals surface area (Å²) in [6.45, 7) is -0.111. The molecule has 0 heterocycles. The van der Waals surface area contributed by atoms with E-state index < -0.39 is 11.4 Å². The van der Waals surface area contributed by atoms with Crippen molar-refractivity contribution in [1.29, 1.82) is 0 Å². The molecule has 1 aromatic rings. The summed E-state index contributed by atoms with van der Waals surface area (Å²) < 4.78 is 0.837. The topological polar surface area (TPSA) is 60.4 Å². The summed E-state index contributed by atoms with van der Waals surface area (Å²) in [5.41, 5.74) is -0.269. The maximum absolute atomic E-state index is 11.1. The Balaban J connectivity index is 0.00000128. The van der Waals surface area contributed by atoms with Crippen LogP contribution in [-0.2, 0) is 10.2 Å². The molecule has 3 nitrogen and oxygen atoms in total. The van der Waals surface area contributed by atoms with E-state index >= 15 is 0 Å². The summed E-state index contributed by atoms with van der Waals surface area (Å²) in [4.78, 5) is 11.1. The smallest absolute Gasteiger partial charge is 0.549 e. The third-order valence-electron chi connectivity index (χ3n) is 3.03. The molecule has 0 bridgehead atoms. The fourth-order valence-electron chi connectivity index (χ4n) is 2.04. The maximum Gasteiger partial charge on any atom is 1.00 e. The molecule has 1 aliphatic carbocycles. The molecule has 0 radical (unpaired) electrons. The number of aliphatic hydroxyl groups excluding tert-OH is 1. The minimum absolute atomic E-state index is 0. The standard InChI is InChI=1S/C11H11BrO3.Na/c12-9-3-1-2-7(4-9)11(10(14)15)5-8(11)6-13;/h1-4,8,13H,5-6H2,(H,14,15);/q;+1/p-1/t8-,11+;/m1./s1. The quantitative estimate of drug-likeness (QED) is 0.624. The molecular formula is C11H10BrNaO3. The Hall–Kier alpha value is 0.130. The molecule has 1 aromatic carbocycles. The number of aliphatic hydroxyl groups is 1. The predicted molar refractivity (Wildman–Crippen MR) is 56.0 cm³/mol. The fourth-order valence-corrected chi connectivity index (χ4v) is 2.44. The van der Waals surface area contributed by atoms with Gasteiger partial charge in [-0.3, -0.25) is 0 Å². The molecule has 0 amide bonds. The molecule has 80 valence electrons. The minimum atomic E-state index is -1.10. The molecule has 1 saturated carbocycles. The van der Waals surface area contributed by atoms with Crippen molar-refractivity contribution in [2.75, 3.05) is 6.61 Å². The molecule has 16 heavy (non-hydrogen) atoms. The zero-order valence-corrected chi connectivity index (χ0v) is 12.5. The van der Waals surface area contributed by atoms with Gasteiger partial charge in [-0.15, -0.1) is 0 Å². The molecule has 0 spiro atoms. The first-order valence-electron chi connectivity index (χ1n) is 4.69. The van der Waals surface area contributed by atoms with Crippen molar-refractivity contribution in [2.45, 2.75) is 11.8 Å². The fraction of sp³-hybridized carbons (Fsp3) is 0.364. The number of benzene rings is 1. The van der Waals surface area contributed by atoms with Gasteiger partial charge in [0.15, 0.2) is 0 Å². The van der Waals surface area contributed by atoms with Crippen LogP contribution in [0.25, 0.3) is 0 Å². The van der Waals surface area contributed by atoms with E-state index in [4.69, 9.17) is 5.11 Å². The van der Waals surface area contributed by atoms with Gasteiger partial charge in [-0.2, -0.15) is 0 Å². The van der Waals surface area contributed by atoms with Crippen LogP contribution in [-0.4, -0.2) is 17.7 Å². The third kappa shape index (κ3) is 2.22. The molecule has 0 saturated heterocycles. The Morgan fingerprint density at radius 3 is 2.75 bits per heavy atom. The van der Waals surface area contributed by atoms with Gasteiger partial charge in [-0.25, -0.2) is 0 Å². The normalized spacial score (nSPS) is 27.0. The van der Waals surface area contributed by atoms with Gasteiger partial charge in [0.2, 0.25) is 0 Å². The SMILES string of the molecule is O=C([O-])[C@]1(c2cccc(Br)c2)C[C@@H]1CO.[Na+]. The summed E-state index contributed by atoms with van der Waals surface area (Å²) in [6, 6.07) is 7.15. The van der Waals surface area contributed by atoms with E-state index in [9.17, 15) is 9.90 Å². The van der Waals surface area contributed by atoms with E-state index in [0.717, 1.165) is 4.47 Å². The number of halogens is 1. The number of carboxylic acid groups (broad SMARTS) is 1. The first-order valence-corrected chi connectivity index (χ1v) is 5.49. The van der Waals surface area contributed by atoms with Crippen LogP contribution in [0.1, 0.15) is 12.0 Å². The number of carbonyl (C=O) groups is 1. The van der Waals surface area contributed by atoms with Crippen molar-refractivity contribution in [3.8, 4) is 0 Å². The second-order valence-electron chi connectivity index (χ2n) is 3.85. The number of carboxylic acids is 1. The molecule has 0 unspecified atom stereocenters. The first kappa shape index (κ1) is 14.2. The van der Waals surface area contributed by atoms with Crippen LogP contribution in [0.4, 0.5) is 0 Å². The zero-order chi connectivity index (χ0) is 11.1. The Labute approximate surface area is 124 Å². The Morgan fingerprint density at radius 1 is 1.62 bits per heavy atom. The number of aliphatic carboxylic acids is 1. The van der Waals surface area contributed by atoms with Gasteiger partial charge in [-0.05, 0) is 30.0 Å². The van der Waals surface area contributed by atoms with Crippen LogP contribution in [0.2, 0.25) is 0 Å². The Bertz CT molecular complexity index is 410.